The van der Waals surface area contributed by atoms with E-state index in [4.69, 9.17) is 9.47 Å². The number of aryl methyl sites for hydroxylation is 2. The van der Waals surface area contributed by atoms with Crippen molar-refractivity contribution in [1.82, 2.24) is 5.32 Å². The molecule has 0 radical (unpaired) electrons. The van der Waals surface area contributed by atoms with Crippen molar-refractivity contribution >= 4 is 22.8 Å². The summed E-state index contributed by atoms with van der Waals surface area (Å²) in [7, 11) is 0. The second-order valence-corrected chi connectivity index (χ2v) is 9.73. The van der Waals surface area contributed by atoms with Gasteiger partial charge in [0.15, 0.2) is 0 Å². The molecule has 0 aromatic heterocycles. The van der Waals surface area contributed by atoms with Gasteiger partial charge in [0, 0.05) is 6.92 Å². The molecule has 0 aliphatic carbocycles. The molecular weight excluding hydrogens is 466 g/mol. The maximum atomic E-state index is 12.6. The van der Waals surface area contributed by atoms with Crippen LogP contribution in [-0.2, 0) is 33.7 Å². The van der Waals surface area contributed by atoms with Gasteiger partial charge in [0.05, 0.1) is 6.61 Å². The quantitative estimate of drug-likeness (QED) is 0.204. The molecule has 3 rings (SSSR count). The lowest BCUT2D eigenvalue weighted by molar-refractivity contribution is -0.144. The molecule has 37 heavy (non-hydrogen) atoms. The highest BCUT2D eigenvalue weighted by Gasteiger charge is 2.33. The van der Waals surface area contributed by atoms with Crippen molar-refractivity contribution in [3.63, 3.8) is 0 Å². The smallest absolute Gasteiger partial charge is 0.408 e. The molecule has 0 heterocycles. The fourth-order valence-electron chi connectivity index (χ4n) is 4.35. The Morgan fingerprint density at radius 1 is 0.838 bits per heavy atom. The number of carbonyl (C=O) groups is 2. The Morgan fingerprint density at radius 2 is 1.51 bits per heavy atom. The average Bonchev–Trinajstić information content (AvgIpc) is 2.92. The number of rotatable bonds is 14. The van der Waals surface area contributed by atoms with Gasteiger partial charge in [-0.15, -0.1) is 0 Å². The molecule has 0 bridgehead atoms. The van der Waals surface area contributed by atoms with E-state index in [0.29, 0.717) is 12.8 Å². The Kier molecular flexibility index (Phi) is 11.0. The second-order valence-electron chi connectivity index (χ2n) is 9.73. The van der Waals surface area contributed by atoms with E-state index in [2.05, 4.69) is 48.6 Å². The van der Waals surface area contributed by atoms with E-state index in [-0.39, 0.29) is 13.2 Å². The first-order chi connectivity index (χ1) is 17.9. The molecule has 3 aromatic carbocycles. The molecule has 1 amide bonds. The number of nitrogens with one attached hydrogen (secondary N) is 1. The van der Waals surface area contributed by atoms with Crippen molar-refractivity contribution in [3.05, 3.63) is 83.4 Å². The maximum Gasteiger partial charge on any atom is 0.408 e. The molecule has 198 valence electrons. The van der Waals surface area contributed by atoms with Crippen LogP contribution in [0.1, 0.15) is 62.6 Å². The summed E-state index contributed by atoms with van der Waals surface area (Å²) in [5.74, 6) is -0.478. The number of aliphatic hydroxyl groups is 1. The number of hydrogen-bond acceptors (Lipinski definition) is 5. The lowest BCUT2D eigenvalue weighted by Crippen LogP contribution is -2.55. The molecule has 0 saturated heterocycles. The highest BCUT2D eigenvalue weighted by molar-refractivity contribution is 5.83. The van der Waals surface area contributed by atoms with Gasteiger partial charge in [-0.05, 0) is 53.1 Å². The molecule has 0 aliphatic heterocycles. The summed E-state index contributed by atoms with van der Waals surface area (Å²) in [5, 5.41) is 15.4. The number of esters is 1. The first kappa shape index (κ1) is 28.2. The molecule has 0 fully saturated rings. The van der Waals surface area contributed by atoms with Crippen LogP contribution < -0.4 is 5.32 Å². The Balaban J connectivity index is 1.65. The molecule has 0 saturated carbocycles. The number of carbonyl (C=O) groups excluding carboxylic acids is 2. The van der Waals surface area contributed by atoms with Crippen molar-refractivity contribution in [2.45, 2.75) is 70.9 Å². The lowest BCUT2D eigenvalue weighted by Gasteiger charge is -2.32. The second kappa shape index (κ2) is 14.4. The summed E-state index contributed by atoms with van der Waals surface area (Å²) in [5.41, 5.74) is 2.13. The van der Waals surface area contributed by atoms with Crippen LogP contribution in [0.15, 0.2) is 66.7 Å². The fourth-order valence-corrected chi connectivity index (χ4v) is 4.35. The summed E-state index contributed by atoms with van der Waals surface area (Å²) in [6.07, 6.45) is 6.37. The van der Waals surface area contributed by atoms with Gasteiger partial charge in [-0.3, -0.25) is 4.79 Å². The zero-order valence-corrected chi connectivity index (χ0v) is 22.0. The van der Waals surface area contributed by atoms with Gasteiger partial charge in [-0.25, -0.2) is 4.79 Å². The Bertz CT molecular complexity index is 1150. The predicted octanol–water partition coefficient (Wildman–Crippen LogP) is 6.12. The number of hydrogen-bond donors (Lipinski definition) is 2. The minimum atomic E-state index is -1.16. The van der Waals surface area contributed by atoms with Crippen LogP contribution in [0.5, 0.6) is 0 Å². The van der Waals surface area contributed by atoms with Crippen LogP contribution in [0.25, 0.3) is 10.8 Å². The molecule has 6 heteroatoms. The largest absolute Gasteiger partial charge is 0.463 e. The van der Waals surface area contributed by atoms with E-state index in [1.807, 2.05) is 30.3 Å². The molecule has 1 unspecified atom stereocenters. The third kappa shape index (κ3) is 9.21. The highest BCUT2D eigenvalue weighted by Crippen LogP contribution is 2.22. The number of benzene rings is 3. The zero-order chi connectivity index (χ0) is 26.5. The predicted molar refractivity (Wildman–Crippen MR) is 146 cm³/mol. The summed E-state index contributed by atoms with van der Waals surface area (Å²) in [4.78, 5) is 24.1. The molecule has 3 aromatic rings. The van der Waals surface area contributed by atoms with E-state index in [9.17, 15) is 14.7 Å². The van der Waals surface area contributed by atoms with Crippen molar-refractivity contribution < 1.29 is 24.2 Å². The van der Waals surface area contributed by atoms with Gasteiger partial charge in [0.2, 0.25) is 0 Å². The van der Waals surface area contributed by atoms with Crippen molar-refractivity contribution in [2.75, 3.05) is 13.2 Å². The monoisotopic (exact) mass is 505 g/mol. The Labute approximate surface area is 220 Å². The fraction of sp³-hybridized carbons (Fsp3) is 0.419. The molecule has 6 nitrogen and oxygen atoms in total. The van der Waals surface area contributed by atoms with Gasteiger partial charge in [0.25, 0.3) is 0 Å². The third-order valence-corrected chi connectivity index (χ3v) is 6.61. The Morgan fingerprint density at radius 3 is 2.14 bits per heavy atom. The minimum Gasteiger partial charge on any atom is -0.463 e. The minimum absolute atomic E-state index is 0.104. The SMILES string of the molecule is CCCCCCc1ccc2cc(CCC(CO)(COC(C)=O)NC(=O)OCc3ccccc3)ccc2c1. The number of ether oxygens (including phenoxy) is 2. The molecule has 0 aliphatic rings. The Hall–Kier alpha value is -3.38. The van der Waals surface area contributed by atoms with E-state index < -0.39 is 24.2 Å². The molecule has 2 N–H and O–H groups in total. The first-order valence-electron chi connectivity index (χ1n) is 13.2. The van der Waals surface area contributed by atoms with Gasteiger partial charge < -0.3 is 19.9 Å². The summed E-state index contributed by atoms with van der Waals surface area (Å²) < 4.78 is 10.6. The lowest BCUT2D eigenvalue weighted by atomic mass is 9.91. The van der Waals surface area contributed by atoms with Crippen LogP contribution in [0.3, 0.4) is 0 Å². The topological polar surface area (TPSA) is 84.9 Å². The van der Waals surface area contributed by atoms with Crippen molar-refractivity contribution in [2.24, 2.45) is 0 Å². The number of aliphatic hydroxyl groups excluding tert-OH is 1. The van der Waals surface area contributed by atoms with Gasteiger partial charge in [-0.1, -0.05) is 92.9 Å². The van der Waals surface area contributed by atoms with Crippen molar-refractivity contribution in [3.8, 4) is 0 Å². The van der Waals surface area contributed by atoms with Crippen LogP contribution in [0.2, 0.25) is 0 Å². The summed E-state index contributed by atoms with van der Waals surface area (Å²) >= 11 is 0. The standard InChI is InChI=1S/C31H39NO5/c1-3-4-5-7-10-25-13-15-29-20-26(14-16-28(29)19-25)17-18-31(22-33,23-37-24(2)34)32-30(35)36-21-27-11-8-6-9-12-27/h6,8-9,11-16,19-20,33H,3-5,7,10,17-18,21-23H2,1-2H3,(H,32,35). The molecule has 1 atom stereocenters. The maximum absolute atomic E-state index is 12.6. The first-order valence-corrected chi connectivity index (χ1v) is 13.2. The normalized spacial score (nSPS) is 12.6. The van der Waals surface area contributed by atoms with Gasteiger partial charge in [-0.2, -0.15) is 0 Å². The van der Waals surface area contributed by atoms with Gasteiger partial charge >= 0.3 is 12.1 Å². The van der Waals surface area contributed by atoms with Crippen molar-refractivity contribution in [1.29, 1.82) is 0 Å². The van der Waals surface area contributed by atoms with E-state index in [0.717, 1.165) is 22.9 Å². The number of amides is 1. The van der Waals surface area contributed by atoms with Crippen LogP contribution >= 0.6 is 0 Å². The van der Waals surface area contributed by atoms with E-state index in [1.165, 1.54) is 43.6 Å². The molecular formula is C31H39NO5. The highest BCUT2D eigenvalue weighted by atomic mass is 16.6. The van der Waals surface area contributed by atoms with Crippen LogP contribution in [0, 0.1) is 0 Å². The number of alkyl carbamates (subject to hydrolysis) is 1. The van der Waals surface area contributed by atoms with E-state index in [1.54, 1.807) is 0 Å². The molecule has 0 spiro atoms. The zero-order valence-electron chi connectivity index (χ0n) is 22.0. The summed E-state index contributed by atoms with van der Waals surface area (Å²) in [6.45, 7) is 3.09. The van der Waals surface area contributed by atoms with Crippen LogP contribution in [-0.4, -0.2) is 35.9 Å². The summed E-state index contributed by atoms with van der Waals surface area (Å²) in [6, 6.07) is 22.3. The van der Waals surface area contributed by atoms with E-state index >= 15 is 0 Å². The third-order valence-electron chi connectivity index (χ3n) is 6.61. The number of unbranched alkanes of at least 4 members (excludes halogenated alkanes) is 3. The van der Waals surface area contributed by atoms with Crippen LogP contribution in [0.4, 0.5) is 4.79 Å². The number of fused-ring (bicyclic) bond motifs is 1. The van der Waals surface area contributed by atoms with Gasteiger partial charge in [0.1, 0.15) is 18.8 Å². The average molecular weight is 506 g/mol.